The summed E-state index contributed by atoms with van der Waals surface area (Å²) < 4.78 is 16.9. The molecule has 368 valence electrons. The molecule has 0 spiro atoms. The Balaban J connectivity index is 0.000000404. The number of pyridine rings is 2. The number of hydrogen-bond donors (Lipinski definition) is 6. The molecule has 4 aromatic carbocycles. The Bertz CT molecular complexity index is 2520. The van der Waals surface area contributed by atoms with Crippen LogP contribution in [-0.4, -0.2) is 68.1 Å². The molecule has 4 amide bonds. The van der Waals surface area contributed by atoms with Crippen molar-refractivity contribution in [3.8, 4) is 23.0 Å². The summed E-state index contributed by atoms with van der Waals surface area (Å²) in [6.07, 6.45) is 7.13. The summed E-state index contributed by atoms with van der Waals surface area (Å²) in [5.74, 6) is -0.441. The van der Waals surface area contributed by atoms with Gasteiger partial charge in [-0.25, -0.2) is 0 Å². The Morgan fingerprint density at radius 1 is 0.609 bits per heavy atom. The minimum absolute atomic E-state index is 0. The van der Waals surface area contributed by atoms with Gasteiger partial charge >= 0.3 is 0 Å². The Labute approximate surface area is 414 Å². The Morgan fingerprint density at radius 2 is 1.03 bits per heavy atom. The number of rotatable bonds is 18. The zero-order valence-electron chi connectivity index (χ0n) is 37.4. The molecule has 0 unspecified atom stereocenters. The highest BCUT2D eigenvalue weighted by atomic mass is 35.5. The first-order valence-electron chi connectivity index (χ1n) is 21.0. The maximum absolute atomic E-state index is 12.7. The first kappa shape index (κ1) is 57.9. The lowest BCUT2D eigenvalue weighted by molar-refractivity contribution is -0.120. The third-order valence-corrected chi connectivity index (χ3v) is 9.77. The standard InChI is InChI=1S/C25H26ClN3O4.C19H21ClN2O4.C6H7NO.2CH4/c1-16(2)33-23-10-7-19(13-21(23)26)25(31)29-22(24(27)30)12-17-5-8-20(9-6-17)32-15-18-4-3-11-28-14-18;1-11(2)26-17-8-5-13(10-15(17)20)19(25)22-16(18(21)24)9-12-3-6-14(23)7-4-12;8-5-6-2-1-3-7-4-6;;/h3-11,13-14,16,22H,12,15H2,1-2H3,(H2,27,30)(H,29,31);3-8,10-11,16,23H,9H2,1-2H3,(H2,21,24)(H,22,25);1-4,8H,5H2;2*1H4/t22-;16-;;;/m00.../s1. The van der Waals surface area contributed by atoms with Crippen molar-refractivity contribution in [2.24, 2.45) is 11.5 Å². The van der Waals surface area contributed by atoms with E-state index in [4.69, 9.17) is 54.0 Å². The van der Waals surface area contributed by atoms with E-state index in [1.807, 2.05) is 58.0 Å². The van der Waals surface area contributed by atoms with Crippen molar-refractivity contribution >= 4 is 46.8 Å². The van der Waals surface area contributed by atoms with E-state index in [-0.39, 0.29) is 52.3 Å². The molecule has 6 rings (SSSR count). The minimum atomic E-state index is -0.891. The lowest BCUT2D eigenvalue weighted by Gasteiger charge is -2.17. The highest BCUT2D eigenvalue weighted by molar-refractivity contribution is 6.32. The van der Waals surface area contributed by atoms with Gasteiger partial charge in [0.1, 0.15) is 41.7 Å². The van der Waals surface area contributed by atoms with Crippen molar-refractivity contribution < 1.29 is 43.6 Å². The van der Waals surface area contributed by atoms with Crippen LogP contribution in [0, 0.1) is 0 Å². The monoisotopic (exact) mass is 984 g/mol. The van der Waals surface area contributed by atoms with E-state index in [9.17, 15) is 24.3 Å². The third kappa shape index (κ3) is 20.3. The van der Waals surface area contributed by atoms with E-state index in [0.717, 1.165) is 22.3 Å². The number of halogens is 2. The number of nitrogens with two attached hydrogens (primary N) is 2. The number of aliphatic hydroxyl groups excluding tert-OH is 1. The molecule has 0 bridgehead atoms. The van der Waals surface area contributed by atoms with Gasteiger partial charge < -0.3 is 46.5 Å². The Hall–Kier alpha value is -7.20. The molecule has 0 saturated carbocycles. The van der Waals surface area contributed by atoms with Crippen molar-refractivity contribution in [1.29, 1.82) is 0 Å². The van der Waals surface area contributed by atoms with Crippen LogP contribution in [0.4, 0.5) is 0 Å². The number of phenolic OH excluding ortho intramolecular Hbond substituents is 1. The van der Waals surface area contributed by atoms with E-state index >= 15 is 0 Å². The van der Waals surface area contributed by atoms with Crippen LogP contribution in [0.2, 0.25) is 10.0 Å². The smallest absolute Gasteiger partial charge is 0.251 e. The fourth-order valence-electron chi connectivity index (χ4n) is 5.88. The number of carbonyl (C=O) groups is 4. The average Bonchev–Trinajstić information content (AvgIpc) is 3.31. The first-order valence-corrected chi connectivity index (χ1v) is 21.8. The highest BCUT2D eigenvalue weighted by Crippen LogP contribution is 2.28. The Kier molecular flexibility index (Phi) is 24.8. The van der Waals surface area contributed by atoms with Crippen LogP contribution in [0.1, 0.15) is 85.5 Å². The van der Waals surface area contributed by atoms with Gasteiger partial charge in [-0.1, -0.05) is 74.5 Å². The SMILES string of the molecule is C.C.CC(C)Oc1ccc(C(=O)N[C@@H](Cc2ccc(O)cc2)C(N)=O)cc1Cl.CC(C)Oc1ccc(C(=O)N[C@@H](Cc2ccc(OCc3cccnc3)cc2)C(N)=O)cc1Cl.OCc1cccnc1. The molecule has 0 fully saturated rings. The van der Waals surface area contributed by atoms with Gasteiger partial charge in [-0.2, -0.15) is 0 Å². The second-order valence-electron chi connectivity index (χ2n) is 15.4. The maximum Gasteiger partial charge on any atom is 0.251 e. The quantitative estimate of drug-likeness (QED) is 0.0478. The van der Waals surface area contributed by atoms with Gasteiger partial charge in [-0.3, -0.25) is 29.1 Å². The molecule has 2 heterocycles. The van der Waals surface area contributed by atoms with Crippen molar-refractivity contribution in [2.75, 3.05) is 0 Å². The normalized spacial score (nSPS) is 11.1. The number of hydrogen-bond acceptors (Lipinski definition) is 11. The maximum atomic E-state index is 12.7. The summed E-state index contributed by atoms with van der Waals surface area (Å²) >= 11 is 12.4. The number of nitrogens with zero attached hydrogens (tertiary/aromatic N) is 2. The summed E-state index contributed by atoms with van der Waals surface area (Å²) in [7, 11) is 0. The number of nitrogens with one attached hydrogen (secondary N) is 2. The summed E-state index contributed by atoms with van der Waals surface area (Å²) in [6.45, 7) is 7.99. The zero-order chi connectivity index (χ0) is 48.9. The molecular formula is C52H62Cl2N6O9. The van der Waals surface area contributed by atoms with Crippen LogP contribution in [0.5, 0.6) is 23.0 Å². The zero-order valence-corrected chi connectivity index (χ0v) is 38.9. The van der Waals surface area contributed by atoms with Crippen molar-refractivity contribution in [3.63, 3.8) is 0 Å². The summed E-state index contributed by atoms with van der Waals surface area (Å²) in [5, 5.41) is 23.7. The number of amides is 4. The molecule has 0 saturated heterocycles. The van der Waals surface area contributed by atoms with Crippen LogP contribution >= 0.6 is 23.2 Å². The van der Waals surface area contributed by atoms with E-state index < -0.39 is 35.7 Å². The molecule has 0 aliphatic carbocycles. The molecule has 0 radical (unpaired) electrons. The Morgan fingerprint density at radius 3 is 1.38 bits per heavy atom. The van der Waals surface area contributed by atoms with Gasteiger partial charge in [0.25, 0.3) is 11.8 Å². The summed E-state index contributed by atoms with van der Waals surface area (Å²) in [4.78, 5) is 56.6. The molecule has 2 atom stereocenters. The molecule has 0 aliphatic rings. The third-order valence-electron chi connectivity index (χ3n) is 9.18. The van der Waals surface area contributed by atoms with Gasteiger partial charge in [0.05, 0.1) is 28.9 Å². The molecule has 0 aliphatic heterocycles. The van der Waals surface area contributed by atoms with Crippen LogP contribution in [0.15, 0.2) is 134 Å². The number of aromatic nitrogens is 2. The van der Waals surface area contributed by atoms with Crippen LogP contribution in [-0.2, 0) is 35.6 Å². The number of aliphatic hydroxyl groups is 1. The second-order valence-corrected chi connectivity index (χ2v) is 16.2. The van der Waals surface area contributed by atoms with Gasteiger partial charge in [-0.15, -0.1) is 0 Å². The fourth-order valence-corrected chi connectivity index (χ4v) is 6.33. The number of primary amides is 2. The molecule has 8 N–H and O–H groups in total. The van der Waals surface area contributed by atoms with Crippen molar-refractivity contribution in [2.45, 2.75) is 92.9 Å². The number of aromatic hydroxyl groups is 1. The van der Waals surface area contributed by atoms with Gasteiger partial charge in [-0.05, 0) is 117 Å². The van der Waals surface area contributed by atoms with Crippen molar-refractivity contribution in [1.82, 2.24) is 20.6 Å². The molecule has 17 heteroatoms. The summed E-state index contributed by atoms with van der Waals surface area (Å²) in [6, 6.07) is 28.6. The highest BCUT2D eigenvalue weighted by Gasteiger charge is 2.22. The van der Waals surface area contributed by atoms with Crippen LogP contribution in [0.25, 0.3) is 0 Å². The number of benzene rings is 4. The molecule has 2 aromatic heterocycles. The van der Waals surface area contributed by atoms with Crippen LogP contribution < -0.4 is 36.3 Å². The predicted octanol–water partition coefficient (Wildman–Crippen LogP) is 8.43. The number of phenols is 1. The molecular weight excluding hydrogens is 924 g/mol. The van der Waals surface area contributed by atoms with Gasteiger partial charge in [0.2, 0.25) is 11.8 Å². The lowest BCUT2D eigenvalue weighted by Crippen LogP contribution is -2.45. The number of carbonyl (C=O) groups excluding carboxylic acids is 4. The lowest BCUT2D eigenvalue weighted by atomic mass is 10.0. The fraction of sp³-hybridized carbons (Fsp3) is 0.269. The second kappa shape index (κ2) is 29.5. The van der Waals surface area contributed by atoms with E-state index in [1.54, 1.807) is 79.4 Å². The topological polar surface area (TPSA) is 238 Å². The minimum Gasteiger partial charge on any atom is -0.508 e. The van der Waals surface area contributed by atoms with Crippen molar-refractivity contribution in [3.05, 3.63) is 177 Å². The van der Waals surface area contributed by atoms with E-state index in [0.29, 0.717) is 45.0 Å². The largest absolute Gasteiger partial charge is 0.508 e. The predicted molar refractivity (Wildman–Crippen MR) is 269 cm³/mol. The molecule has 69 heavy (non-hydrogen) atoms. The summed E-state index contributed by atoms with van der Waals surface area (Å²) in [5.41, 5.74) is 14.9. The number of ether oxygens (including phenoxy) is 3. The van der Waals surface area contributed by atoms with Gasteiger partial charge in [0.15, 0.2) is 0 Å². The molecule has 6 aromatic rings. The average molecular weight is 986 g/mol. The van der Waals surface area contributed by atoms with E-state index in [1.165, 1.54) is 24.3 Å². The van der Waals surface area contributed by atoms with E-state index in [2.05, 4.69) is 20.6 Å². The first-order chi connectivity index (χ1) is 32.0. The van der Waals surface area contributed by atoms with Crippen LogP contribution in [0.3, 0.4) is 0 Å². The van der Waals surface area contributed by atoms with Gasteiger partial charge in [0, 0.05) is 54.3 Å². The molecule has 15 nitrogen and oxygen atoms in total.